The van der Waals surface area contributed by atoms with Crippen molar-refractivity contribution in [1.29, 1.82) is 0 Å². The molecule has 0 spiro atoms. The summed E-state index contributed by atoms with van der Waals surface area (Å²) in [5.74, 6) is 1.15. The second kappa shape index (κ2) is 6.50. The average molecular weight is 245 g/mol. The van der Waals surface area contributed by atoms with Crippen molar-refractivity contribution in [3.05, 3.63) is 0 Å². The van der Waals surface area contributed by atoms with E-state index in [1.807, 2.05) is 32.5 Å². The van der Waals surface area contributed by atoms with Crippen LogP contribution in [0.15, 0.2) is 0 Å². The van der Waals surface area contributed by atoms with E-state index in [1.54, 1.807) is 0 Å². The number of amides is 1. The van der Waals surface area contributed by atoms with Gasteiger partial charge in [-0.05, 0) is 12.8 Å². The number of hydrogen-bond donors (Lipinski definition) is 1. The SMILES string of the molecule is CC(C)(C)C(=O)NCCSC1CCOCC1. The monoisotopic (exact) mass is 245 g/mol. The van der Waals surface area contributed by atoms with Crippen LogP contribution in [0.3, 0.4) is 0 Å². The molecule has 0 aromatic rings. The first-order valence-electron chi connectivity index (χ1n) is 5.98. The maximum Gasteiger partial charge on any atom is 0.225 e. The summed E-state index contributed by atoms with van der Waals surface area (Å²) in [6, 6.07) is 0. The Balaban J connectivity index is 2.05. The van der Waals surface area contributed by atoms with Gasteiger partial charge in [0.25, 0.3) is 0 Å². The Morgan fingerprint density at radius 2 is 2.00 bits per heavy atom. The van der Waals surface area contributed by atoms with Crippen molar-refractivity contribution in [2.24, 2.45) is 5.41 Å². The topological polar surface area (TPSA) is 38.3 Å². The van der Waals surface area contributed by atoms with Crippen LogP contribution in [-0.4, -0.2) is 36.7 Å². The number of rotatable bonds is 4. The molecule has 94 valence electrons. The van der Waals surface area contributed by atoms with Gasteiger partial charge in [0.2, 0.25) is 5.91 Å². The number of carbonyl (C=O) groups excluding carboxylic acids is 1. The third kappa shape index (κ3) is 5.21. The van der Waals surface area contributed by atoms with E-state index in [-0.39, 0.29) is 11.3 Å². The zero-order chi connectivity index (χ0) is 12.0. The number of nitrogens with one attached hydrogen (secondary N) is 1. The maximum atomic E-state index is 11.6. The molecular weight excluding hydrogens is 222 g/mol. The van der Waals surface area contributed by atoms with Gasteiger partial charge in [-0.3, -0.25) is 4.79 Å². The lowest BCUT2D eigenvalue weighted by atomic mass is 9.96. The normalized spacial score (nSPS) is 18.4. The number of carbonyl (C=O) groups is 1. The molecule has 0 atom stereocenters. The van der Waals surface area contributed by atoms with E-state index in [1.165, 1.54) is 0 Å². The Morgan fingerprint density at radius 1 is 1.38 bits per heavy atom. The van der Waals surface area contributed by atoms with Gasteiger partial charge in [0, 0.05) is 36.2 Å². The van der Waals surface area contributed by atoms with E-state index in [0.29, 0.717) is 0 Å². The Bertz CT molecular complexity index is 220. The zero-order valence-corrected chi connectivity index (χ0v) is 11.4. The molecule has 0 aromatic carbocycles. The first-order chi connectivity index (χ1) is 7.50. The molecule has 1 aliphatic heterocycles. The second-order valence-corrected chi connectivity index (χ2v) is 6.60. The third-order valence-electron chi connectivity index (χ3n) is 2.59. The minimum Gasteiger partial charge on any atom is -0.381 e. The molecule has 4 heteroatoms. The van der Waals surface area contributed by atoms with Crippen LogP contribution in [0, 0.1) is 5.41 Å². The molecular formula is C12H23NO2S. The molecule has 1 N–H and O–H groups in total. The molecule has 1 saturated heterocycles. The van der Waals surface area contributed by atoms with Crippen LogP contribution in [0.1, 0.15) is 33.6 Å². The first kappa shape index (κ1) is 13.8. The maximum absolute atomic E-state index is 11.6. The summed E-state index contributed by atoms with van der Waals surface area (Å²) < 4.78 is 5.31. The van der Waals surface area contributed by atoms with Gasteiger partial charge in [-0.2, -0.15) is 11.8 Å². The number of hydrogen-bond acceptors (Lipinski definition) is 3. The fourth-order valence-electron chi connectivity index (χ4n) is 1.50. The van der Waals surface area contributed by atoms with Gasteiger partial charge in [0.1, 0.15) is 0 Å². The number of thioether (sulfide) groups is 1. The minimum atomic E-state index is -0.274. The highest BCUT2D eigenvalue weighted by Crippen LogP contribution is 2.21. The van der Waals surface area contributed by atoms with E-state index in [9.17, 15) is 4.79 Å². The molecule has 0 aliphatic carbocycles. The highest BCUT2D eigenvalue weighted by atomic mass is 32.2. The highest BCUT2D eigenvalue weighted by molar-refractivity contribution is 7.99. The van der Waals surface area contributed by atoms with Crippen LogP contribution in [0.5, 0.6) is 0 Å². The van der Waals surface area contributed by atoms with Crippen LogP contribution >= 0.6 is 11.8 Å². The highest BCUT2D eigenvalue weighted by Gasteiger charge is 2.20. The van der Waals surface area contributed by atoms with E-state index >= 15 is 0 Å². The van der Waals surface area contributed by atoms with Gasteiger partial charge < -0.3 is 10.1 Å². The molecule has 1 fully saturated rings. The molecule has 1 rings (SSSR count). The van der Waals surface area contributed by atoms with Gasteiger partial charge in [-0.15, -0.1) is 0 Å². The van der Waals surface area contributed by atoms with Crippen LogP contribution < -0.4 is 5.32 Å². The van der Waals surface area contributed by atoms with Crippen molar-refractivity contribution in [3.63, 3.8) is 0 Å². The molecule has 1 heterocycles. The summed E-state index contributed by atoms with van der Waals surface area (Å²) in [7, 11) is 0. The van der Waals surface area contributed by atoms with Crippen LogP contribution in [0.4, 0.5) is 0 Å². The summed E-state index contributed by atoms with van der Waals surface area (Å²) in [4.78, 5) is 11.6. The Morgan fingerprint density at radius 3 is 2.56 bits per heavy atom. The summed E-state index contributed by atoms with van der Waals surface area (Å²) in [5, 5.41) is 3.69. The van der Waals surface area contributed by atoms with E-state index in [4.69, 9.17) is 4.74 Å². The van der Waals surface area contributed by atoms with Gasteiger partial charge >= 0.3 is 0 Å². The summed E-state index contributed by atoms with van der Waals surface area (Å²) in [5.41, 5.74) is -0.274. The quantitative estimate of drug-likeness (QED) is 0.771. The Hall–Kier alpha value is -0.220. The predicted octanol–water partition coefficient (Wildman–Crippen LogP) is 2.06. The van der Waals surface area contributed by atoms with Gasteiger partial charge in [-0.1, -0.05) is 20.8 Å². The van der Waals surface area contributed by atoms with Gasteiger partial charge in [0.05, 0.1) is 0 Å². The van der Waals surface area contributed by atoms with Crippen LogP contribution in [0.25, 0.3) is 0 Å². The van der Waals surface area contributed by atoms with Gasteiger partial charge in [-0.25, -0.2) is 0 Å². The molecule has 0 unspecified atom stereocenters. The van der Waals surface area contributed by atoms with Crippen molar-refractivity contribution in [3.8, 4) is 0 Å². The number of ether oxygens (including phenoxy) is 1. The third-order valence-corrected chi connectivity index (χ3v) is 3.97. The molecule has 0 aromatic heterocycles. The molecule has 3 nitrogen and oxygen atoms in total. The molecule has 1 amide bonds. The molecule has 16 heavy (non-hydrogen) atoms. The largest absolute Gasteiger partial charge is 0.381 e. The summed E-state index contributed by atoms with van der Waals surface area (Å²) in [6.07, 6.45) is 2.30. The van der Waals surface area contributed by atoms with E-state index < -0.39 is 0 Å². The van der Waals surface area contributed by atoms with E-state index in [0.717, 1.165) is 43.6 Å². The predicted molar refractivity (Wildman–Crippen MR) is 68.8 cm³/mol. The Kier molecular flexibility index (Phi) is 5.62. The van der Waals surface area contributed by atoms with Gasteiger partial charge in [0.15, 0.2) is 0 Å². The summed E-state index contributed by atoms with van der Waals surface area (Å²) in [6.45, 7) is 8.38. The van der Waals surface area contributed by atoms with Crippen molar-refractivity contribution in [2.45, 2.75) is 38.9 Å². The molecule has 1 aliphatic rings. The standard InChI is InChI=1S/C12H23NO2S/c1-12(2,3)11(14)13-6-9-16-10-4-7-15-8-5-10/h10H,4-9H2,1-3H3,(H,13,14). The van der Waals surface area contributed by atoms with Crippen molar-refractivity contribution < 1.29 is 9.53 Å². The van der Waals surface area contributed by atoms with Crippen LogP contribution in [-0.2, 0) is 9.53 Å². The first-order valence-corrected chi connectivity index (χ1v) is 7.02. The fourth-order valence-corrected chi connectivity index (χ4v) is 2.58. The average Bonchev–Trinajstić information content (AvgIpc) is 2.24. The fraction of sp³-hybridized carbons (Fsp3) is 0.917. The van der Waals surface area contributed by atoms with Crippen molar-refractivity contribution in [2.75, 3.05) is 25.5 Å². The molecule has 0 radical (unpaired) electrons. The smallest absolute Gasteiger partial charge is 0.225 e. The van der Waals surface area contributed by atoms with Crippen molar-refractivity contribution in [1.82, 2.24) is 5.32 Å². The zero-order valence-electron chi connectivity index (χ0n) is 10.5. The van der Waals surface area contributed by atoms with Crippen molar-refractivity contribution >= 4 is 17.7 Å². The summed E-state index contributed by atoms with van der Waals surface area (Å²) >= 11 is 1.96. The van der Waals surface area contributed by atoms with E-state index in [2.05, 4.69) is 5.32 Å². The molecule has 0 bridgehead atoms. The van der Waals surface area contributed by atoms with Crippen LogP contribution in [0.2, 0.25) is 0 Å². The molecule has 0 saturated carbocycles. The Labute approximate surface area is 103 Å². The second-order valence-electron chi connectivity index (χ2n) is 5.19. The lowest BCUT2D eigenvalue weighted by Gasteiger charge is -2.22. The lowest BCUT2D eigenvalue weighted by Crippen LogP contribution is -2.36. The minimum absolute atomic E-state index is 0.139. The lowest BCUT2D eigenvalue weighted by molar-refractivity contribution is -0.128.